The number of rotatable bonds is 0. The predicted octanol–water partition coefficient (Wildman–Crippen LogP) is 1.79. The van der Waals surface area contributed by atoms with Gasteiger partial charge in [-0.2, -0.15) is 0 Å². The topological polar surface area (TPSA) is 12.0 Å². The summed E-state index contributed by atoms with van der Waals surface area (Å²) in [5, 5.41) is 3.44. The zero-order valence-corrected chi connectivity index (χ0v) is 6.32. The van der Waals surface area contributed by atoms with Crippen LogP contribution in [0.2, 0.25) is 0 Å². The summed E-state index contributed by atoms with van der Waals surface area (Å²) in [6.07, 6.45) is 5.68. The average molecular weight is 127 g/mol. The molecule has 1 heteroatoms. The third kappa shape index (κ3) is 2.85. The lowest BCUT2D eigenvalue weighted by atomic mass is 10.0. The van der Waals surface area contributed by atoms with E-state index in [4.69, 9.17) is 0 Å². The first kappa shape index (κ1) is 7.07. The minimum absolute atomic E-state index is 0.908. The summed E-state index contributed by atoms with van der Waals surface area (Å²) in [5.41, 5.74) is 0. The Bertz CT molecular complexity index is 63.0. The fraction of sp³-hybridized carbons (Fsp3) is 1.00. The SMILES string of the molecule is CC1CCCCCNC1. The van der Waals surface area contributed by atoms with Crippen LogP contribution in [-0.2, 0) is 0 Å². The molecule has 0 aromatic heterocycles. The maximum Gasteiger partial charge on any atom is -0.00232 e. The lowest BCUT2D eigenvalue weighted by Crippen LogP contribution is -2.24. The summed E-state index contributed by atoms with van der Waals surface area (Å²) in [4.78, 5) is 0. The van der Waals surface area contributed by atoms with Crippen LogP contribution in [0, 0.1) is 5.92 Å². The van der Waals surface area contributed by atoms with Gasteiger partial charge in [0, 0.05) is 0 Å². The Morgan fingerprint density at radius 2 is 2.11 bits per heavy atom. The second-order valence-corrected chi connectivity index (χ2v) is 3.16. The highest BCUT2D eigenvalue weighted by atomic mass is 14.9. The van der Waals surface area contributed by atoms with Gasteiger partial charge < -0.3 is 5.32 Å². The van der Waals surface area contributed by atoms with Gasteiger partial charge in [0.15, 0.2) is 0 Å². The van der Waals surface area contributed by atoms with E-state index in [2.05, 4.69) is 12.2 Å². The molecule has 1 rings (SSSR count). The van der Waals surface area contributed by atoms with Crippen LogP contribution >= 0.6 is 0 Å². The van der Waals surface area contributed by atoms with E-state index in [-0.39, 0.29) is 0 Å². The molecule has 1 heterocycles. The molecule has 0 bridgehead atoms. The fourth-order valence-electron chi connectivity index (χ4n) is 1.37. The molecule has 1 N–H and O–H groups in total. The zero-order valence-electron chi connectivity index (χ0n) is 6.32. The van der Waals surface area contributed by atoms with Crippen LogP contribution in [0.15, 0.2) is 0 Å². The van der Waals surface area contributed by atoms with Crippen LogP contribution in [-0.4, -0.2) is 13.1 Å². The van der Waals surface area contributed by atoms with Crippen molar-refractivity contribution in [1.29, 1.82) is 0 Å². The standard InChI is InChI=1S/C8H17N/c1-8-5-3-2-4-6-9-7-8/h8-9H,2-7H2,1H3. The highest BCUT2D eigenvalue weighted by Crippen LogP contribution is 2.10. The quantitative estimate of drug-likeness (QED) is 0.523. The van der Waals surface area contributed by atoms with Crippen molar-refractivity contribution in [2.75, 3.05) is 13.1 Å². The van der Waals surface area contributed by atoms with E-state index in [9.17, 15) is 0 Å². The summed E-state index contributed by atoms with van der Waals surface area (Å²) in [7, 11) is 0. The molecular weight excluding hydrogens is 110 g/mol. The van der Waals surface area contributed by atoms with Crippen LogP contribution in [0.3, 0.4) is 0 Å². The zero-order chi connectivity index (χ0) is 6.53. The van der Waals surface area contributed by atoms with Gasteiger partial charge in [0.05, 0.1) is 0 Å². The molecule has 1 aliphatic rings. The van der Waals surface area contributed by atoms with Crippen LogP contribution in [0.4, 0.5) is 0 Å². The van der Waals surface area contributed by atoms with E-state index >= 15 is 0 Å². The third-order valence-electron chi connectivity index (χ3n) is 2.04. The van der Waals surface area contributed by atoms with Crippen molar-refractivity contribution in [1.82, 2.24) is 5.32 Å². The van der Waals surface area contributed by atoms with Gasteiger partial charge in [0.25, 0.3) is 0 Å². The maximum atomic E-state index is 3.44. The van der Waals surface area contributed by atoms with Crippen molar-refractivity contribution in [3.8, 4) is 0 Å². The van der Waals surface area contributed by atoms with Crippen molar-refractivity contribution in [2.24, 2.45) is 5.92 Å². The van der Waals surface area contributed by atoms with Gasteiger partial charge in [-0.15, -0.1) is 0 Å². The first-order valence-electron chi connectivity index (χ1n) is 4.10. The molecule has 1 aliphatic heterocycles. The molecule has 0 aromatic carbocycles. The van der Waals surface area contributed by atoms with Crippen LogP contribution < -0.4 is 5.32 Å². The Morgan fingerprint density at radius 1 is 1.22 bits per heavy atom. The molecule has 1 fully saturated rings. The third-order valence-corrected chi connectivity index (χ3v) is 2.04. The van der Waals surface area contributed by atoms with Gasteiger partial charge in [0.2, 0.25) is 0 Å². The Labute approximate surface area is 57.8 Å². The van der Waals surface area contributed by atoms with E-state index in [0.29, 0.717) is 0 Å². The molecule has 1 nitrogen and oxygen atoms in total. The van der Waals surface area contributed by atoms with E-state index < -0.39 is 0 Å². The Morgan fingerprint density at radius 3 is 3.00 bits per heavy atom. The molecule has 0 aliphatic carbocycles. The molecule has 0 radical (unpaired) electrons. The molecule has 1 atom stereocenters. The van der Waals surface area contributed by atoms with E-state index in [1.165, 1.54) is 38.8 Å². The Kier molecular flexibility index (Phi) is 3.05. The van der Waals surface area contributed by atoms with E-state index in [1.54, 1.807) is 0 Å². The summed E-state index contributed by atoms with van der Waals surface area (Å²) >= 11 is 0. The normalized spacial score (nSPS) is 31.0. The molecule has 0 amide bonds. The molecule has 1 saturated heterocycles. The molecule has 9 heavy (non-hydrogen) atoms. The molecule has 1 unspecified atom stereocenters. The van der Waals surface area contributed by atoms with Gasteiger partial charge in [0.1, 0.15) is 0 Å². The summed E-state index contributed by atoms with van der Waals surface area (Å²) in [6.45, 7) is 4.81. The maximum absolute atomic E-state index is 3.44. The number of hydrogen-bond donors (Lipinski definition) is 1. The lowest BCUT2D eigenvalue weighted by Gasteiger charge is -2.15. The van der Waals surface area contributed by atoms with Gasteiger partial charge in [-0.25, -0.2) is 0 Å². The van der Waals surface area contributed by atoms with Crippen molar-refractivity contribution in [3.63, 3.8) is 0 Å². The number of nitrogens with one attached hydrogen (secondary N) is 1. The largest absolute Gasteiger partial charge is 0.316 e. The van der Waals surface area contributed by atoms with Crippen molar-refractivity contribution >= 4 is 0 Å². The summed E-state index contributed by atoms with van der Waals surface area (Å²) < 4.78 is 0. The van der Waals surface area contributed by atoms with E-state index in [1.807, 2.05) is 0 Å². The minimum Gasteiger partial charge on any atom is -0.316 e. The average Bonchev–Trinajstić information content (AvgIpc) is 1.79. The van der Waals surface area contributed by atoms with Crippen molar-refractivity contribution in [2.45, 2.75) is 32.6 Å². The summed E-state index contributed by atoms with van der Waals surface area (Å²) in [5.74, 6) is 0.908. The molecule has 54 valence electrons. The van der Waals surface area contributed by atoms with Gasteiger partial charge in [-0.3, -0.25) is 0 Å². The van der Waals surface area contributed by atoms with Crippen LogP contribution in [0.5, 0.6) is 0 Å². The smallest absolute Gasteiger partial charge is 0.00232 e. The first-order valence-corrected chi connectivity index (χ1v) is 4.10. The highest BCUT2D eigenvalue weighted by molar-refractivity contribution is 4.61. The highest BCUT2D eigenvalue weighted by Gasteiger charge is 2.03. The minimum atomic E-state index is 0.908. The predicted molar refractivity (Wildman–Crippen MR) is 40.5 cm³/mol. The second kappa shape index (κ2) is 3.89. The number of hydrogen-bond acceptors (Lipinski definition) is 1. The van der Waals surface area contributed by atoms with Gasteiger partial charge in [-0.1, -0.05) is 19.8 Å². The molecule has 0 spiro atoms. The monoisotopic (exact) mass is 127 g/mol. The molecule has 0 aromatic rings. The Hall–Kier alpha value is -0.0400. The van der Waals surface area contributed by atoms with Crippen LogP contribution in [0.1, 0.15) is 32.6 Å². The first-order chi connectivity index (χ1) is 4.39. The van der Waals surface area contributed by atoms with Crippen molar-refractivity contribution in [3.05, 3.63) is 0 Å². The van der Waals surface area contributed by atoms with Gasteiger partial charge in [-0.05, 0) is 31.8 Å². The van der Waals surface area contributed by atoms with Gasteiger partial charge >= 0.3 is 0 Å². The van der Waals surface area contributed by atoms with E-state index in [0.717, 1.165) is 5.92 Å². The Balaban J connectivity index is 2.12. The molecule has 0 saturated carbocycles. The van der Waals surface area contributed by atoms with Crippen LogP contribution in [0.25, 0.3) is 0 Å². The lowest BCUT2D eigenvalue weighted by molar-refractivity contribution is 0.420. The van der Waals surface area contributed by atoms with Crippen molar-refractivity contribution < 1.29 is 0 Å². The fourth-order valence-corrected chi connectivity index (χ4v) is 1.37. The second-order valence-electron chi connectivity index (χ2n) is 3.16. The molecular formula is C8H17N. The summed E-state index contributed by atoms with van der Waals surface area (Å²) in [6, 6.07) is 0.